The first-order valence-corrected chi connectivity index (χ1v) is 13.2. The summed E-state index contributed by atoms with van der Waals surface area (Å²) in [6.07, 6.45) is 0.470. The van der Waals surface area contributed by atoms with Crippen LogP contribution in [0, 0.1) is 19.8 Å². The highest BCUT2D eigenvalue weighted by Crippen LogP contribution is 2.22. The molecule has 0 unspecified atom stereocenters. The Morgan fingerprint density at radius 3 is 2.20 bits per heavy atom. The van der Waals surface area contributed by atoms with Crippen molar-refractivity contribution in [2.75, 3.05) is 12.3 Å². The van der Waals surface area contributed by atoms with Gasteiger partial charge in [0.1, 0.15) is 6.04 Å². The highest BCUT2D eigenvalue weighted by atomic mass is 32.2. The molecule has 0 radical (unpaired) electrons. The van der Waals surface area contributed by atoms with Gasteiger partial charge in [-0.1, -0.05) is 86.1 Å². The lowest BCUT2D eigenvalue weighted by Crippen LogP contribution is -2.51. The zero-order valence-corrected chi connectivity index (χ0v) is 22.0. The summed E-state index contributed by atoms with van der Waals surface area (Å²) in [4.78, 5) is 30.0. The summed E-state index contributed by atoms with van der Waals surface area (Å²) in [6, 6.07) is 25.6. The lowest BCUT2D eigenvalue weighted by molar-refractivity contribution is -0.139. The lowest BCUT2D eigenvalue weighted by Gasteiger charge is -2.32. The molecule has 5 heteroatoms. The maximum absolute atomic E-state index is 13.7. The molecule has 184 valence electrons. The topological polar surface area (TPSA) is 49.4 Å². The highest BCUT2D eigenvalue weighted by molar-refractivity contribution is 8.00. The number of amides is 2. The average molecular weight is 489 g/mol. The molecule has 3 aromatic carbocycles. The van der Waals surface area contributed by atoms with Gasteiger partial charge in [-0.15, -0.1) is 11.8 Å². The van der Waals surface area contributed by atoms with Gasteiger partial charge in [0.2, 0.25) is 11.8 Å². The summed E-state index contributed by atoms with van der Waals surface area (Å²) in [5.74, 6) is 0.454. The van der Waals surface area contributed by atoms with Crippen molar-refractivity contribution in [2.45, 2.75) is 51.6 Å². The second-order valence-corrected chi connectivity index (χ2v) is 10.4. The van der Waals surface area contributed by atoms with E-state index in [4.69, 9.17) is 0 Å². The SMILES string of the molecule is Cc1ccc(SCC(=O)N(Cc2ccccc2C)[C@H](Cc2ccccc2)C(=O)NCC(C)C)cc1. The molecule has 0 saturated heterocycles. The second kappa shape index (κ2) is 13.1. The van der Waals surface area contributed by atoms with Crippen LogP contribution in [0.1, 0.15) is 36.1 Å². The lowest BCUT2D eigenvalue weighted by atomic mass is 10.0. The molecule has 4 nitrogen and oxygen atoms in total. The van der Waals surface area contributed by atoms with Crippen LogP contribution in [-0.4, -0.2) is 35.1 Å². The van der Waals surface area contributed by atoms with Gasteiger partial charge in [-0.2, -0.15) is 0 Å². The first-order chi connectivity index (χ1) is 16.8. The smallest absolute Gasteiger partial charge is 0.243 e. The maximum Gasteiger partial charge on any atom is 0.243 e. The molecule has 0 aliphatic heterocycles. The van der Waals surface area contributed by atoms with Gasteiger partial charge in [0.25, 0.3) is 0 Å². The van der Waals surface area contributed by atoms with Gasteiger partial charge in [0, 0.05) is 24.4 Å². The van der Waals surface area contributed by atoms with Crippen molar-refractivity contribution in [1.82, 2.24) is 10.2 Å². The third-order valence-corrected chi connectivity index (χ3v) is 6.94. The minimum Gasteiger partial charge on any atom is -0.354 e. The standard InChI is InChI=1S/C30H36N2O2S/c1-22(2)19-31-30(34)28(18-25-11-6-5-7-12-25)32(20-26-13-9-8-10-24(26)4)29(33)21-35-27-16-14-23(3)15-17-27/h5-17,22,28H,18-21H2,1-4H3,(H,31,34)/t28-/m1/s1. The molecule has 0 aliphatic carbocycles. The van der Waals surface area contributed by atoms with Gasteiger partial charge in [0.05, 0.1) is 5.75 Å². The van der Waals surface area contributed by atoms with Crippen molar-refractivity contribution in [2.24, 2.45) is 5.92 Å². The molecule has 0 saturated carbocycles. The Labute approximate surface area is 214 Å². The van der Waals surface area contributed by atoms with Gasteiger partial charge in [-0.3, -0.25) is 9.59 Å². The van der Waals surface area contributed by atoms with Gasteiger partial charge in [0.15, 0.2) is 0 Å². The number of carbonyl (C=O) groups is 2. The van der Waals surface area contributed by atoms with Crippen molar-refractivity contribution in [3.05, 3.63) is 101 Å². The molecule has 3 aromatic rings. The minimum atomic E-state index is -0.595. The third-order valence-electron chi connectivity index (χ3n) is 5.94. The van der Waals surface area contributed by atoms with Gasteiger partial charge < -0.3 is 10.2 Å². The number of hydrogen-bond acceptors (Lipinski definition) is 3. The normalized spacial score (nSPS) is 11.8. The van der Waals surface area contributed by atoms with Crippen molar-refractivity contribution in [1.29, 1.82) is 0 Å². The summed E-state index contributed by atoms with van der Waals surface area (Å²) in [7, 11) is 0. The van der Waals surface area contributed by atoms with E-state index in [2.05, 4.69) is 31.3 Å². The molecule has 35 heavy (non-hydrogen) atoms. The Kier molecular flexibility index (Phi) is 9.98. The number of hydrogen-bond donors (Lipinski definition) is 1. The fourth-order valence-electron chi connectivity index (χ4n) is 3.81. The summed E-state index contributed by atoms with van der Waals surface area (Å²) in [5.41, 5.74) is 4.38. The number of thioether (sulfide) groups is 1. The van der Waals surface area contributed by atoms with Gasteiger partial charge >= 0.3 is 0 Å². The quantitative estimate of drug-likeness (QED) is 0.347. The van der Waals surface area contributed by atoms with E-state index in [0.717, 1.165) is 21.6 Å². The Morgan fingerprint density at radius 1 is 0.886 bits per heavy atom. The van der Waals surface area contributed by atoms with Crippen LogP contribution in [-0.2, 0) is 22.6 Å². The molecule has 0 aliphatic rings. The van der Waals surface area contributed by atoms with Crippen LogP contribution in [0.5, 0.6) is 0 Å². The summed E-state index contributed by atoms with van der Waals surface area (Å²) in [6.45, 7) is 9.21. The van der Waals surface area contributed by atoms with Crippen LogP contribution in [0.15, 0.2) is 83.8 Å². The predicted molar refractivity (Wildman–Crippen MR) is 145 cm³/mol. The number of nitrogens with zero attached hydrogens (tertiary/aromatic N) is 1. The molecule has 3 rings (SSSR count). The van der Waals surface area contributed by atoms with Crippen LogP contribution >= 0.6 is 11.8 Å². The number of nitrogens with one attached hydrogen (secondary N) is 1. The molecule has 1 atom stereocenters. The van der Waals surface area contributed by atoms with E-state index in [9.17, 15) is 9.59 Å². The van der Waals surface area contributed by atoms with Crippen LogP contribution in [0.4, 0.5) is 0 Å². The number of rotatable bonds is 11. The Morgan fingerprint density at radius 2 is 1.54 bits per heavy atom. The summed E-state index contributed by atoms with van der Waals surface area (Å²) >= 11 is 1.51. The second-order valence-electron chi connectivity index (χ2n) is 9.39. The van der Waals surface area contributed by atoms with Crippen LogP contribution < -0.4 is 5.32 Å². The van der Waals surface area contributed by atoms with E-state index in [1.165, 1.54) is 17.3 Å². The maximum atomic E-state index is 13.7. The third kappa shape index (κ3) is 8.29. The largest absolute Gasteiger partial charge is 0.354 e. The Balaban J connectivity index is 1.90. The number of carbonyl (C=O) groups excluding carboxylic acids is 2. The Bertz CT molecular complexity index is 1100. The summed E-state index contributed by atoms with van der Waals surface area (Å²) in [5, 5.41) is 3.08. The van der Waals surface area contributed by atoms with E-state index in [0.29, 0.717) is 25.4 Å². The van der Waals surface area contributed by atoms with Crippen molar-refractivity contribution in [3.63, 3.8) is 0 Å². The molecule has 0 spiro atoms. The number of benzene rings is 3. The fourth-order valence-corrected chi connectivity index (χ4v) is 4.59. The average Bonchev–Trinajstić information content (AvgIpc) is 2.85. The van der Waals surface area contributed by atoms with Crippen LogP contribution in [0.2, 0.25) is 0 Å². The van der Waals surface area contributed by atoms with E-state index in [1.54, 1.807) is 4.90 Å². The molecular formula is C30H36N2O2S. The van der Waals surface area contributed by atoms with E-state index < -0.39 is 6.04 Å². The molecular weight excluding hydrogens is 452 g/mol. The fraction of sp³-hybridized carbons (Fsp3) is 0.333. The molecule has 0 aromatic heterocycles. The van der Waals surface area contributed by atoms with E-state index >= 15 is 0 Å². The monoisotopic (exact) mass is 488 g/mol. The van der Waals surface area contributed by atoms with Crippen LogP contribution in [0.3, 0.4) is 0 Å². The van der Waals surface area contributed by atoms with Gasteiger partial charge in [-0.25, -0.2) is 0 Å². The molecule has 0 bridgehead atoms. The molecule has 1 N–H and O–H groups in total. The van der Waals surface area contributed by atoms with Gasteiger partial charge in [-0.05, 0) is 48.6 Å². The first-order valence-electron chi connectivity index (χ1n) is 12.2. The van der Waals surface area contributed by atoms with Crippen molar-refractivity contribution < 1.29 is 9.59 Å². The molecule has 2 amide bonds. The predicted octanol–water partition coefficient (Wildman–Crippen LogP) is 5.81. The zero-order chi connectivity index (χ0) is 25.2. The summed E-state index contributed by atoms with van der Waals surface area (Å²) < 4.78 is 0. The zero-order valence-electron chi connectivity index (χ0n) is 21.2. The molecule has 0 fully saturated rings. The highest BCUT2D eigenvalue weighted by Gasteiger charge is 2.30. The minimum absolute atomic E-state index is 0.0422. The van der Waals surface area contributed by atoms with Crippen molar-refractivity contribution >= 4 is 23.6 Å². The number of aryl methyl sites for hydroxylation is 2. The van der Waals surface area contributed by atoms with Crippen LogP contribution in [0.25, 0.3) is 0 Å². The molecule has 0 heterocycles. The first kappa shape index (κ1) is 26.6. The van der Waals surface area contributed by atoms with Crippen molar-refractivity contribution in [3.8, 4) is 0 Å². The van der Waals surface area contributed by atoms with E-state index in [-0.39, 0.29) is 17.6 Å². The van der Waals surface area contributed by atoms with E-state index in [1.807, 2.05) is 80.6 Å². The Hall–Kier alpha value is -3.05.